The second kappa shape index (κ2) is 9.97. The fourth-order valence-corrected chi connectivity index (χ4v) is 4.39. The molecule has 0 radical (unpaired) electrons. The Labute approximate surface area is 200 Å². The average molecular weight is 485 g/mol. The Balaban J connectivity index is 1.53. The van der Waals surface area contributed by atoms with E-state index in [9.17, 15) is 14.4 Å². The fourth-order valence-electron chi connectivity index (χ4n) is 3.41. The van der Waals surface area contributed by atoms with Crippen molar-refractivity contribution in [1.29, 1.82) is 0 Å². The molecule has 3 aromatic rings. The molecule has 1 saturated carbocycles. The number of thioether (sulfide) groups is 1. The lowest BCUT2D eigenvalue weighted by Crippen LogP contribution is -2.27. The molecule has 1 aliphatic carbocycles. The second-order valence-corrected chi connectivity index (χ2v) is 9.87. The largest absolute Gasteiger partial charge is 0.349 e. The number of benzene rings is 2. The van der Waals surface area contributed by atoms with Gasteiger partial charge in [0.05, 0.1) is 27.9 Å². The predicted octanol–water partition coefficient (Wildman–Crippen LogP) is 4.33. The van der Waals surface area contributed by atoms with Crippen LogP contribution in [0.2, 0.25) is 5.02 Å². The van der Waals surface area contributed by atoms with Crippen molar-refractivity contribution in [2.24, 2.45) is 5.92 Å². The normalized spacial score (nSPS) is 13.3. The Morgan fingerprint density at radius 3 is 2.70 bits per heavy atom. The van der Waals surface area contributed by atoms with Crippen molar-refractivity contribution in [3.8, 4) is 0 Å². The highest BCUT2D eigenvalue weighted by molar-refractivity contribution is 7.99. The summed E-state index contributed by atoms with van der Waals surface area (Å²) in [7, 11) is 0. The van der Waals surface area contributed by atoms with Crippen LogP contribution < -0.4 is 16.2 Å². The molecular weight excluding hydrogens is 460 g/mol. The lowest BCUT2D eigenvalue weighted by atomic mass is 10.1. The van der Waals surface area contributed by atoms with Gasteiger partial charge < -0.3 is 10.6 Å². The molecule has 0 atom stereocenters. The van der Waals surface area contributed by atoms with Crippen LogP contribution in [0.1, 0.15) is 37.0 Å². The van der Waals surface area contributed by atoms with Gasteiger partial charge in [-0.25, -0.2) is 4.98 Å². The van der Waals surface area contributed by atoms with Gasteiger partial charge in [0.1, 0.15) is 0 Å². The topological polar surface area (TPSA) is 93.1 Å². The number of amides is 2. The number of carbonyl (C=O) groups is 2. The highest BCUT2D eigenvalue weighted by Crippen LogP contribution is 2.23. The molecule has 2 amide bonds. The number of nitrogens with one attached hydrogen (secondary N) is 2. The van der Waals surface area contributed by atoms with Gasteiger partial charge in [-0.1, -0.05) is 49.3 Å². The summed E-state index contributed by atoms with van der Waals surface area (Å²) in [6.07, 6.45) is 1.97. The third kappa shape index (κ3) is 5.75. The average Bonchev–Trinajstić information content (AvgIpc) is 3.59. The summed E-state index contributed by atoms with van der Waals surface area (Å²) in [6, 6.07) is 12.2. The molecule has 9 heteroatoms. The van der Waals surface area contributed by atoms with Crippen molar-refractivity contribution >= 4 is 51.8 Å². The number of carbonyl (C=O) groups excluding carboxylic acids is 2. The standard InChI is InChI=1S/C24H25ClN4O3S/c1-14(2)12-29-23(32)18-11-15(25)7-10-20(18)28-24(29)33-13-21(30)27-19-6-4-3-5-17(19)22(31)26-16-8-9-16/h3-7,10-11,14,16H,8-9,12-13H2,1-2H3,(H,26,31)(H,27,30). The van der Waals surface area contributed by atoms with E-state index in [2.05, 4.69) is 15.6 Å². The summed E-state index contributed by atoms with van der Waals surface area (Å²) in [5, 5.41) is 7.16. The van der Waals surface area contributed by atoms with E-state index in [0.29, 0.717) is 38.9 Å². The van der Waals surface area contributed by atoms with Crippen LogP contribution in [0, 0.1) is 5.92 Å². The molecule has 0 saturated heterocycles. The van der Waals surface area contributed by atoms with Crippen LogP contribution >= 0.6 is 23.4 Å². The molecule has 0 unspecified atom stereocenters. The molecule has 172 valence electrons. The van der Waals surface area contributed by atoms with E-state index in [-0.39, 0.29) is 35.1 Å². The van der Waals surface area contributed by atoms with Crippen LogP contribution in [0.5, 0.6) is 0 Å². The van der Waals surface area contributed by atoms with E-state index < -0.39 is 0 Å². The minimum atomic E-state index is -0.284. The zero-order valence-corrected chi connectivity index (χ0v) is 20.0. The summed E-state index contributed by atoms with van der Waals surface area (Å²) in [5.74, 6) is -0.219. The maximum Gasteiger partial charge on any atom is 0.262 e. The maximum absolute atomic E-state index is 13.1. The summed E-state index contributed by atoms with van der Waals surface area (Å²) in [6.45, 7) is 4.50. The highest BCUT2D eigenvalue weighted by atomic mass is 35.5. The molecule has 0 bridgehead atoms. The predicted molar refractivity (Wildman–Crippen MR) is 132 cm³/mol. The first kappa shape index (κ1) is 23.3. The second-order valence-electron chi connectivity index (χ2n) is 8.50. The number of para-hydroxylation sites is 1. The van der Waals surface area contributed by atoms with Gasteiger partial charge in [-0.3, -0.25) is 19.0 Å². The van der Waals surface area contributed by atoms with Crippen molar-refractivity contribution in [2.45, 2.75) is 44.4 Å². The van der Waals surface area contributed by atoms with E-state index in [1.165, 1.54) is 11.8 Å². The van der Waals surface area contributed by atoms with Crippen molar-refractivity contribution in [1.82, 2.24) is 14.9 Å². The molecule has 2 aromatic carbocycles. The first-order valence-corrected chi connectivity index (χ1v) is 12.2. The molecule has 0 spiro atoms. The molecule has 0 aliphatic heterocycles. The van der Waals surface area contributed by atoms with Gasteiger partial charge in [0, 0.05) is 17.6 Å². The number of rotatable bonds is 8. The number of hydrogen-bond acceptors (Lipinski definition) is 5. The molecule has 2 N–H and O–H groups in total. The van der Waals surface area contributed by atoms with E-state index in [0.717, 1.165) is 12.8 Å². The summed E-state index contributed by atoms with van der Waals surface area (Å²) < 4.78 is 1.60. The van der Waals surface area contributed by atoms with Crippen molar-refractivity contribution in [3.63, 3.8) is 0 Å². The molecule has 7 nitrogen and oxygen atoms in total. The molecule has 1 aliphatic rings. The number of anilines is 1. The lowest BCUT2D eigenvalue weighted by molar-refractivity contribution is -0.113. The van der Waals surface area contributed by atoms with Crippen LogP contribution in [0.15, 0.2) is 52.4 Å². The van der Waals surface area contributed by atoms with E-state index in [1.807, 2.05) is 13.8 Å². The molecule has 4 rings (SSSR count). The summed E-state index contributed by atoms with van der Waals surface area (Å²) >= 11 is 7.26. The van der Waals surface area contributed by atoms with Crippen molar-refractivity contribution < 1.29 is 9.59 Å². The smallest absolute Gasteiger partial charge is 0.262 e. The number of aromatic nitrogens is 2. The van der Waals surface area contributed by atoms with Crippen LogP contribution in [-0.2, 0) is 11.3 Å². The summed E-state index contributed by atoms with van der Waals surface area (Å²) in [5.41, 5.74) is 1.25. The zero-order valence-electron chi connectivity index (χ0n) is 18.4. The van der Waals surface area contributed by atoms with Gasteiger partial charge in [0.2, 0.25) is 5.91 Å². The minimum Gasteiger partial charge on any atom is -0.349 e. The maximum atomic E-state index is 13.1. The Morgan fingerprint density at radius 2 is 1.97 bits per heavy atom. The van der Waals surface area contributed by atoms with Gasteiger partial charge in [0.15, 0.2) is 5.16 Å². The molecule has 1 heterocycles. The SMILES string of the molecule is CC(C)Cn1c(SCC(=O)Nc2ccccc2C(=O)NC2CC2)nc2ccc(Cl)cc2c1=O. The fraction of sp³-hybridized carbons (Fsp3) is 0.333. The van der Waals surface area contributed by atoms with Crippen LogP contribution in [0.25, 0.3) is 10.9 Å². The third-order valence-electron chi connectivity index (χ3n) is 5.12. The van der Waals surface area contributed by atoms with Crippen LogP contribution in [-0.4, -0.2) is 33.2 Å². The van der Waals surface area contributed by atoms with Crippen LogP contribution in [0.4, 0.5) is 5.69 Å². The first-order valence-electron chi connectivity index (χ1n) is 10.8. The van der Waals surface area contributed by atoms with Crippen molar-refractivity contribution in [3.05, 3.63) is 63.4 Å². The Bertz CT molecular complexity index is 1270. The molecule has 1 aromatic heterocycles. The van der Waals surface area contributed by atoms with E-state index in [1.54, 1.807) is 47.0 Å². The first-order chi connectivity index (χ1) is 15.8. The van der Waals surface area contributed by atoms with Gasteiger partial charge in [0.25, 0.3) is 11.5 Å². The van der Waals surface area contributed by atoms with Gasteiger partial charge >= 0.3 is 0 Å². The quantitative estimate of drug-likeness (QED) is 0.366. The number of fused-ring (bicyclic) bond motifs is 1. The van der Waals surface area contributed by atoms with E-state index >= 15 is 0 Å². The van der Waals surface area contributed by atoms with Crippen LogP contribution in [0.3, 0.4) is 0 Å². The minimum absolute atomic E-state index is 0.0439. The summed E-state index contributed by atoms with van der Waals surface area (Å²) in [4.78, 5) is 42.9. The lowest BCUT2D eigenvalue weighted by Gasteiger charge is -2.15. The Hall–Kier alpha value is -2.84. The number of nitrogens with zero attached hydrogens (tertiary/aromatic N) is 2. The number of halogens is 1. The van der Waals surface area contributed by atoms with Gasteiger partial charge in [-0.05, 0) is 49.1 Å². The van der Waals surface area contributed by atoms with E-state index in [4.69, 9.17) is 11.6 Å². The molecule has 33 heavy (non-hydrogen) atoms. The Kier molecular flexibility index (Phi) is 7.05. The molecule has 1 fully saturated rings. The molecular formula is C24H25ClN4O3S. The van der Waals surface area contributed by atoms with Gasteiger partial charge in [-0.15, -0.1) is 0 Å². The monoisotopic (exact) mass is 484 g/mol. The van der Waals surface area contributed by atoms with Crippen molar-refractivity contribution in [2.75, 3.05) is 11.1 Å². The van der Waals surface area contributed by atoms with Gasteiger partial charge in [-0.2, -0.15) is 0 Å². The highest BCUT2D eigenvalue weighted by Gasteiger charge is 2.25. The Morgan fingerprint density at radius 1 is 1.21 bits per heavy atom. The number of hydrogen-bond donors (Lipinski definition) is 2. The third-order valence-corrected chi connectivity index (χ3v) is 6.33. The zero-order chi connectivity index (χ0) is 23.5.